The fraction of sp³-hybridized carbons (Fsp3) is 0.267. The van der Waals surface area contributed by atoms with Gasteiger partial charge in [0.1, 0.15) is 0 Å². The second kappa shape index (κ2) is 7.08. The molecule has 1 heterocycles. The molecule has 0 unspecified atom stereocenters. The monoisotopic (exact) mass is 303 g/mol. The Kier molecular flexibility index (Phi) is 5.16. The molecule has 110 valence electrons. The van der Waals surface area contributed by atoms with Gasteiger partial charge in [0, 0.05) is 11.4 Å². The highest BCUT2D eigenvalue weighted by atomic mass is 32.2. The number of fused-ring (bicyclic) bond motifs is 1. The summed E-state index contributed by atoms with van der Waals surface area (Å²) in [7, 11) is 0. The van der Waals surface area contributed by atoms with Crippen molar-refractivity contribution in [2.45, 2.75) is 24.9 Å². The number of nitrogens with one attached hydrogen (secondary N) is 2. The van der Waals surface area contributed by atoms with Crippen LogP contribution in [0.25, 0.3) is 10.9 Å². The highest BCUT2D eigenvalue weighted by Gasteiger charge is 2.09. The van der Waals surface area contributed by atoms with Gasteiger partial charge in [-0.3, -0.25) is 10.1 Å². The van der Waals surface area contributed by atoms with Gasteiger partial charge in [-0.25, -0.2) is 9.78 Å². The quantitative estimate of drug-likeness (QED) is 0.852. The van der Waals surface area contributed by atoms with Gasteiger partial charge in [-0.1, -0.05) is 36.0 Å². The van der Waals surface area contributed by atoms with Gasteiger partial charge in [0.15, 0.2) is 0 Å². The van der Waals surface area contributed by atoms with Crippen molar-refractivity contribution in [2.24, 2.45) is 0 Å². The highest BCUT2D eigenvalue weighted by molar-refractivity contribution is 7.99. The molecule has 0 aliphatic carbocycles. The Hall–Kier alpha value is -2.08. The molecule has 2 aromatic rings. The maximum atomic E-state index is 11.7. The van der Waals surface area contributed by atoms with Crippen LogP contribution in [-0.2, 0) is 4.79 Å². The Bertz CT molecular complexity index is 658. The summed E-state index contributed by atoms with van der Waals surface area (Å²) in [6, 6.07) is 11.1. The molecule has 6 heteroatoms. The van der Waals surface area contributed by atoms with Crippen LogP contribution in [0.1, 0.15) is 13.8 Å². The minimum Gasteiger partial charge on any atom is -0.336 e. The minimum absolute atomic E-state index is 0.00684. The summed E-state index contributed by atoms with van der Waals surface area (Å²) in [6.45, 7) is 3.66. The van der Waals surface area contributed by atoms with Crippen LogP contribution in [0.5, 0.6) is 0 Å². The molecule has 0 fully saturated rings. The van der Waals surface area contributed by atoms with Crippen molar-refractivity contribution in [3.8, 4) is 0 Å². The standard InChI is InChI=1S/C15H17N3O2S/c1-10(2)16-15(20)18-13(19)9-21-14-8-7-11-5-3-4-6-12(11)17-14/h3-8,10H,9H2,1-2H3,(H2,16,18,19,20). The van der Waals surface area contributed by atoms with Crippen molar-refractivity contribution in [1.82, 2.24) is 15.6 Å². The van der Waals surface area contributed by atoms with E-state index in [-0.39, 0.29) is 17.7 Å². The molecular weight excluding hydrogens is 286 g/mol. The number of hydrogen-bond donors (Lipinski definition) is 2. The number of aromatic nitrogens is 1. The minimum atomic E-state index is -0.470. The molecule has 1 aromatic heterocycles. The Morgan fingerprint density at radius 1 is 1.19 bits per heavy atom. The summed E-state index contributed by atoms with van der Waals surface area (Å²) in [5.41, 5.74) is 0.889. The van der Waals surface area contributed by atoms with E-state index in [0.29, 0.717) is 0 Å². The number of carbonyl (C=O) groups excluding carboxylic acids is 2. The first-order chi connectivity index (χ1) is 10.0. The molecule has 0 aliphatic heterocycles. The molecule has 0 bridgehead atoms. The molecule has 0 radical (unpaired) electrons. The number of para-hydroxylation sites is 1. The van der Waals surface area contributed by atoms with Crippen molar-refractivity contribution in [3.05, 3.63) is 36.4 Å². The topological polar surface area (TPSA) is 71.1 Å². The Morgan fingerprint density at radius 3 is 2.71 bits per heavy atom. The fourth-order valence-electron chi connectivity index (χ4n) is 1.73. The fourth-order valence-corrected chi connectivity index (χ4v) is 2.41. The van der Waals surface area contributed by atoms with Crippen molar-refractivity contribution in [1.29, 1.82) is 0 Å². The van der Waals surface area contributed by atoms with E-state index in [1.54, 1.807) is 0 Å². The van der Waals surface area contributed by atoms with Crippen LogP contribution in [0.3, 0.4) is 0 Å². The van der Waals surface area contributed by atoms with Crippen LogP contribution in [0, 0.1) is 0 Å². The van der Waals surface area contributed by atoms with E-state index < -0.39 is 6.03 Å². The maximum Gasteiger partial charge on any atom is 0.321 e. The SMILES string of the molecule is CC(C)NC(=O)NC(=O)CSc1ccc2ccccc2n1. The highest BCUT2D eigenvalue weighted by Crippen LogP contribution is 2.19. The Labute approximate surface area is 127 Å². The summed E-state index contributed by atoms with van der Waals surface area (Å²) in [5.74, 6) is -0.190. The van der Waals surface area contributed by atoms with Gasteiger partial charge in [-0.05, 0) is 26.0 Å². The van der Waals surface area contributed by atoms with Gasteiger partial charge < -0.3 is 5.32 Å². The van der Waals surface area contributed by atoms with Crippen LogP contribution in [0.15, 0.2) is 41.4 Å². The number of pyridine rings is 1. The van der Waals surface area contributed by atoms with Crippen molar-refractivity contribution in [3.63, 3.8) is 0 Å². The molecule has 0 saturated carbocycles. The third-order valence-corrected chi connectivity index (χ3v) is 3.53. The first kappa shape index (κ1) is 15.3. The first-order valence-electron chi connectivity index (χ1n) is 6.63. The van der Waals surface area contributed by atoms with Gasteiger partial charge in [0.25, 0.3) is 0 Å². The number of benzene rings is 1. The summed E-state index contributed by atoms with van der Waals surface area (Å²) in [5, 5.41) is 6.70. The van der Waals surface area contributed by atoms with Gasteiger partial charge >= 0.3 is 6.03 Å². The van der Waals surface area contributed by atoms with E-state index in [1.807, 2.05) is 50.2 Å². The van der Waals surface area contributed by atoms with Gasteiger partial charge in [-0.15, -0.1) is 0 Å². The van der Waals surface area contributed by atoms with Crippen LogP contribution >= 0.6 is 11.8 Å². The molecule has 0 atom stereocenters. The molecule has 3 amide bonds. The van der Waals surface area contributed by atoms with Crippen LogP contribution in [0.2, 0.25) is 0 Å². The third kappa shape index (κ3) is 4.75. The number of hydrogen-bond acceptors (Lipinski definition) is 4. The summed E-state index contributed by atoms with van der Waals surface area (Å²) in [4.78, 5) is 27.5. The zero-order chi connectivity index (χ0) is 15.2. The number of thioether (sulfide) groups is 1. The van der Waals surface area contributed by atoms with E-state index >= 15 is 0 Å². The molecule has 2 N–H and O–H groups in total. The number of amides is 3. The van der Waals surface area contributed by atoms with E-state index in [4.69, 9.17) is 0 Å². The van der Waals surface area contributed by atoms with Crippen molar-refractivity contribution < 1.29 is 9.59 Å². The summed E-state index contributed by atoms with van der Waals surface area (Å²) in [6.07, 6.45) is 0. The number of urea groups is 1. The average molecular weight is 303 g/mol. The zero-order valence-corrected chi connectivity index (χ0v) is 12.7. The Morgan fingerprint density at radius 2 is 1.95 bits per heavy atom. The van der Waals surface area contributed by atoms with E-state index in [9.17, 15) is 9.59 Å². The van der Waals surface area contributed by atoms with Crippen LogP contribution in [0.4, 0.5) is 4.79 Å². The Balaban J connectivity index is 1.89. The van der Waals surface area contributed by atoms with Crippen molar-refractivity contribution >= 4 is 34.6 Å². The lowest BCUT2D eigenvalue weighted by Crippen LogP contribution is -2.43. The van der Waals surface area contributed by atoms with Crippen LogP contribution in [-0.4, -0.2) is 28.7 Å². The predicted molar refractivity (Wildman–Crippen MR) is 84.3 cm³/mol. The van der Waals surface area contributed by atoms with Gasteiger partial charge in [0.2, 0.25) is 5.91 Å². The normalized spacial score (nSPS) is 10.6. The van der Waals surface area contributed by atoms with E-state index in [0.717, 1.165) is 15.9 Å². The van der Waals surface area contributed by atoms with Crippen molar-refractivity contribution in [2.75, 3.05) is 5.75 Å². The summed E-state index contributed by atoms with van der Waals surface area (Å²) >= 11 is 1.30. The predicted octanol–water partition coefficient (Wildman–Crippen LogP) is 2.56. The van der Waals surface area contributed by atoms with Gasteiger partial charge in [-0.2, -0.15) is 0 Å². The lowest BCUT2D eigenvalue weighted by atomic mass is 10.2. The second-order valence-corrected chi connectivity index (χ2v) is 5.80. The number of carbonyl (C=O) groups is 2. The number of rotatable bonds is 4. The lowest BCUT2D eigenvalue weighted by molar-refractivity contribution is -0.117. The number of nitrogens with zero attached hydrogens (tertiary/aromatic N) is 1. The molecule has 0 saturated heterocycles. The molecule has 0 aliphatic rings. The molecule has 5 nitrogen and oxygen atoms in total. The van der Waals surface area contributed by atoms with E-state index in [2.05, 4.69) is 15.6 Å². The lowest BCUT2D eigenvalue weighted by Gasteiger charge is -2.08. The van der Waals surface area contributed by atoms with Crippen LogP contribution < -0.4 is 10.6 Å². The third-order valence-electron chi connectivity index (χ3n) is 2.60. The molecule has 2 rings (SSSR count). The molecule has 21 heavy (non-hydrogen) atoms. The molecular formula is C15H17N3O2S. The van der Waals surface area contributed by atoms with Gasteiger partial charge in [0.05, 0.1) is 16.3 Å². The molecule has 1 aromatic carbocycles. The largest absolute Gasteiger partial charge is 0.336 e. The zero-order valence-electron chi connectivity index (χ0n) is 11.9. The maximum absolute atomic E-state index is 11.7. The number of imide groups is 1. The molecule has 0 spiro atoms. The van der Waals surface area contributed by atoms with E-state index in [1.165, 1.54) is 11.8 Å². The second-order valence-electron chi connectivity index (χ2n) is 4.81. The first-order valence-corrected chi connectivity index (χ1v) is 7.62. The smallest absolute Gasteiger partial charge is 0.321 e. The summed E-state index contributed by atoms with van der Waals surface area (Å²) < 4.78 is 0. The average Bonchev–Trinajstić information content (AvgIpc) is 2.44.